The molecule has 10 rings (SSSR count). The zero-order chi connectivity index (χ0) is 45.4. The van der Waals surface area contributed by atoms with Gasteiger partial charge in [0.05, 0.1) is 18.6 Å². The van der Waals surface area contributed by atoms with Gasteiger partial charge in [-0.15, -0.1) is 0 Å². The molecule has 336 valence electrons. The fraction of sp³-hybridized carbons (Fsp3) is 0.262. The summed E-state index contributed by atoms with van der Waals surface area (Å²) in [6.07, 6.45) is 14.9. The molecule has 8 aromatic carbocycles. The third kappa shape index (κ3) is 8.99. The molecule has 2 heteroatoms. The van der Waals surface area contributed by atoms with E-state index in [2.05, 4.69) is 196 Å². The maximum atomic E-state index is 6.60. The molecule has 0 atom stereocenters. The highest BCUT2D eigenvalue weighted by molar-refractivity contribution is 5.97. The van der Waals surface area contributed by atoms with Crippen molar-refractivity contribution < 1.29 is 9.47 Å². The third-order valence-corrected chi connectivity index (χ3v) is 14.4. The Morgan fingerprint density at radius 2 is 0.627 bits per heavy atom. The van der Waals surface area contributed by atoms with Gasteiger partial charge >= 0.3 is 0 Å². The van der Waals surface area contributed by atoms with E-state index in [4.69, 9.17) is 9.47 Å². The van der Waals surface area contributed by atoms with Crippen LogP contribution in [-0.4, -0.2) is 13.2 Å². The van der Waals surface area contributed by atoms with Crippen molar-refractivity contribution in [2.45, 2.75) is 96.3 Å². The summed E-state index contributed by atoms with van der Waals surface area (Å²) in [7, 11) is 0. The predicted octanol–water partition coefficient (Wildman–Crippen LogP) is 18.2. The Labute approximate surface area is 399 Å². The van der Waals surface area contributed by atoms with Gasteiger partial charge in [0, 0.05) is 0 Å². The number of rotatable bonds is 20. The quantitative estimate of drug-likeness (QED) is 0.0710. The second-order valence-electron chi connectivity index (χ2n) is 18.8. The molecular formula is C65H64O2. The predicted molar refractivity (Wildman–Crippen MR) is 282 cm³/mol. The van der Waals surface area contributed by atoms with Gasteiger partial charge in [-0.1, -0.05) is 224 Å². The smallest absolute Gasteiger partial charge is 0.119 e. The molecule has 67 heavy (non-hydrogen) atoms. The van der Waals surface area contributed by atoms with E-state index < -0.39 is 5.41 Å². The lowest BCUT2D eigenvalue weighted by atomic mass is 9.70. The minimum Gasteiger partial charge on any atom is -0.494 e. The Kier molecular flexibility index (Phi) is 13.5. The van der Waals surface area contributed by atoms with Crippen molar-refractivity contribution in [3.05, 3.63) is 204 Å². The summed E-state index contributed by atoms with van der Waals surface area (Å²) in [6, 6.07) is 67.8. The number of fused-ring (bicyclic) bond motifs is 10. The van der Waals surface area contributed by atoms with Crippen molar-refractivity contribution >= 4 is 0 Å². The standard InChI is InChI=1S/C65H64O2/c1-3-5-7-9-11-19-41-66-55-35-39-61-59(45-55)60-46-56(67-42-20-12-10-8-6-4-2)36-40-62(60)65(61)63-43-53(51-29-25-49(26-30-51)47-21-15-13-16-22-47)33-37-57(63)58-38-34-54(44-64(58)65)52-31-27-50(28-32-52)48-23-17-14-18-24-48/h13-18,21-40,43-46H,3-12,19-20,41-42H2,1-2H3. The molecule has 2 nitrogen and oxygen atoms in total. The number of hydrogen-bond donors (Lipinski definition) is 0. The van der Waals surface area contributed by atoms with E-state index in [9.17, 15) is 0 Å². The van der Waals surface area contributed by atoms with E-state index >= 15 is 0 Å². The van der Waals surface area contributed by atoms with Crippen LogP contribution in [0.15, 0.2) is 182 Å². The maximum absolute atomic E-state index is 6.60. The molecule has 0 bridgehead atoms. The van der Waals surface area contributed by atoms with Crippen LogP contribution < -0.4 is 9.47 Å². The van der Waals surface area contributed by atoms with Crippen molar-refractivity contribution in [2.75, 3.05) is 13.2 Å². The van der Waals surface area contributed by atoms with Gasteiger partial charge in [-0.25, -0.2) is 0 Å². The fourth-order valence-electron chi connectivity index (χ4n) is 10.9. The average molecular weight is 877 g/mol. The summed E-state index contributed by atoms with van der Waals surface area (Å²) in [6.45, 7) is 6.02. The van der Waals surface area contributed by atoms with Crippen LogP contribution in [-0.2, 0) is 5.41 Å². The Bertz CT molecular complexity index is 2710. The van der Waals surface area contributed by atoms with Crippen LogP contribution in [0.25, 0.3) is 66.8 Å². The topological polar surface area (TPSA) is 18.5 Å². The van der Waals surface area contributed by atoms with Gasteiger partial charge in [0.1, 0.15) is 11.5 Å². The lowest BCUT2D eigenvalue weighted by molar-refractivity contribution is 0.304. The van der Waals surface area contributed by atoms with Gasteiger partial charge in [-0.2, -0.15) is 0 Å². The molecule has 0 aliphatic heterocycles. The molecule has 2 aliphatic rings. The van der Waals surface area contributed by atoms with E-state index in [-0.39, 0.29) is 0 Å². The molecule has 0 saturated heterocycles. The second-order valence-corrected chi connectivity index (χ2v) is 18.8. The summed E-state index contributed by atoms with van der Waals surface area (Å²) in [5.74, 6) is 1.87. The minimum atomic E-state index is -0.551. The highest BCUT2D eigenvalue weighted by Crippen LogP contribution is 2.64. The van der Waals surface area contributed by atoms with Gasteiger partial charge in [-0.3, -0.25) is 0 Å². The highest BCUT2D eigenvalue weighted by atomic mass is 16.5. The van der Waals surface area contributed by atoms with Crippen molar-refractivity contribution in [1.82, 2.24) is 0 Å². The van der Waals surface area contributed by atoms with Gasteiger partial charge in [0.2, 0.25) is 0 Å². The molecule has 2 aliphatic carbocycles. The van der Waals surface area contributed by atoms with Crippen molar-refractivity contribution in [2.24, 2.45) is 0 Å². The van der Waals surface area contributed by atoms with E-state index in [0.29, 0.717) is 0 Å². The lowest BCUT2D eigenvalue weighted by Crippen LogP contribution is -2.26. The zero-order valence-corrected chi connectivity index (χ0v) is 39.5. The molecule has 0 aromatic heterocycles. The van der Waals surface area contributed by atoms with E-state index in [1.165, 1.54) is 153 Å². The van der Waals surface area contributed by atoms with Crippen molar-refractivity contribution in [3.8, 4) is 78.3 Å². The first-order chi connectivity index (χ1) is 33.1. The Morgan fingerprint density at radius 1 is 0.284 bits per heavy atom. The Morgan fingerprint density at radius 3 is 1.03 bits per heavy atom. The first kappa shape index (κ1) is 44.2. The normalized spacial score (nSPS) is 12.7. The Balaban J connectivity index is 1.08. The molecular weight excluding hydrogens is 813 g/mol. The van der Waals surface area contributed by atoms with Gasteiger partial charge in [0.15, 0.2) is 0 Å². The van der Waals surface area contributed by atoms with Crippen LogP contribution in [0.4, 0.5) is 0 Å². The number of ether oxygens (including phenoxy) is 2. The van der Waals surface area contributed by atoms with Gasteiger partial charge in [0.25, 0.3) is 0 Å². The van der Waals surface area contributed by atoms with Crippen LogP contribution in [0.3, 0.4) is 0 Å². The lowest BCUT2D eigenvalue weighted by Gasteiger charge is -2.31. The number of hydrogen-bond acceptors (Lipinski definition) is 2. The van der Waals surface area contributed by atoms with Crippen LogP contribution >= 0.6 is 0 Å². The third-order valence-electron chi connectivity index (χ3n) is 14.4. The van der Waals surface area contributed by atoms with Crippen LogP contribution in [0.5, 0.6) is 11.5 Å². The first-order valence-corrected chi connectivity index (χ1v) is 25.3. The summed E-state index contributed by atoms with van der Waals surface area (Å²) >= 11 is 0. The molecule has 0 unspecified atom stereocenters. The largest absolute Gasteiger partial charge is 0.494 e. The summed E-state index contributed by atoms with van der Waals surface area (Å²) in [5, 5.41) is 0. The van der Waals surface area contributed by atoms with E-state index in [1.807, 2.05) is 0 Å². The average Bonchev–Trinajstić information content (AvgIpc) is 3.84. The summed E-state index contributed by atoms with van der Waals surface area (Å²) in [4.78, 5) is 0. The molecule has 0 heterocycles. The molecule has 0 fully saturated rings. The molecule has 1 spiro atoms. The minimum absolute atomic E-state index is 0.551. The van der Waals surface area contributed by atoms with Gasteiger partial charge in [-0.05, 0) is 138 Å². The SMILES string of the molecule is CCCCCCCCOc1ccc2c(c1)-c1cc(OCCCCCCCC)ccc1C21c2cc(-c3ccc(-c4ccccc4)cc3)ccc2-c2ccc(-c3ccc(-c4ccccc4)cc3)cc21. The zero-order valence-electron chi connectivity index (χ0n) is 39.5. The monoisotopic (exact) mass is 876 g/mol. The van der Waals surface area contributed by atoms with Crippen molar-refractivity contribution in [1.29, 1.82) is 0 Å². The molecule has 8 aromatic rings. The Hall–Kier alpha value is -6.64. The number of unbranched alkanes of at least 4 members (excludes halogenated alkanes) is 10. The molecule has 0 amide bonds. The van der Waals surface area contributed by atoms with Crippen molar-refractivity contribution in [3.63, 3.8) is 0 Å². The summed E-state index contributed by atoms with van der Waals surface area (Å²) in [5.41, 5.74) is 19.5. The highest BCUT2D eigenvalue weighted by Gasteiger charge is 2.52. The van der Waals surface area contributed by atoms with Gasteiger partial charge < -0.3 is 9.47 Å². The molecule has 0 N–H and O–H groups in total. The van der Waals surface area contributed by atoms with E-state index in [0.717, 1.165) is 37.6 Å². The van der Waals surface area contributed by atoms with E-state index in [1.54, 1.807) is 0 Å². The fourth-order valence-corrected chi connectivity index (χ4v) is 10.9. The maximum Gasteiger partial charge on any atom is 0.119 e. The molecule has 0 radical (unpaired) electrons. The summed E-state index contributed by atoms with van der Waals surface area (Å²) < 4.78 is 13.2. The van der Waals surface area contributed by atoms with Crippen LogP contribution in [0.2, 0.25) is 0 Å². The molecule has 0 saturated carbocycles. The number of benzene rings is 8. The van der Waals surface area contributed by atoms with Crippen LogP contribution in [0.1, 0.15) is 113 Å². The second kappa shape index (κ2) is 20.5. The first-order valence-electron chi connectivity index (χ1n) is 25.3. The van der Waals surface area contributed by atoms with Crippen LogP contribution in [0, 0.1) is 0 Å².